The second-order valence-corrected chi connectivity index (χ2v) is 5.61. The molecule has 0 saturated heterocycles. The van der Waals surface area contributed by atoms with Crippen molar-refractivity contribution in [3.63, 3.8) is 0 Å². The largest absolute Gasteiger partial charge is 0.503 e. The number of nitro groups is 1. The molecule has 0 aliphatic rings. The van der Waals surface area contributed by atoms with E-state index >= 15 is 0 Å². The van der Waals surface area contributed by atoms with Crippen LogP contribution in [-0.4, -0.2) is 28.8 Å². The summed E-state index contributed by atoms with van der Waals surface area (Å²) in [4.78, 5) is 22.3. The van der Waals surface area contributed by atoms with Gasteiger partial charge in [0.2, 0.25) is 0 Å². The number of ether oxygens (including phenoxy) is 1. The highest BCUT2D eigenvalue weighted by atomic mass is 79.9. The molecule has 0 atom stereocenters. The number of hydrogen-bond donors (Lipinski definition) is 2. The smallest absolute Gasteiger partial charge is 0.282 e. The molecule has 0 aliphatic carbocycles. The third kappa shape index (κ3) is 4.54. The lowest BCUT2D eigenvalue weighted by Crippen LogP contribution is -2.18. The third-order valence-electron chi connectivity index (χ3n) is 3.08. The first-order chi connectivity index (χ1) is 11.9. The molecule has 0 spiro atoms. The van der Waals surface area contributed by atoms with Crippen molar-refractivity contribution in [1.29, 1.82) is 0 Å². The lowest BCUT2D eigenvalue weighted by molar-refractivity contribution is -0.385. The maximum Gasteiger partial charge on any atom is 0.282 e. The van der Waals surface area contributed by atoms with Gasteiger partial charge in [-0.15, -0.1) is 0 Å². The molecule has 0 fully saturated rings. The number of para-hydroxylation sites is 1. The Kier molecular flexibility index (Phi) is 6.07. The van der Waals surface area contributed by atoms with Gasteiger partial charge in [-0.2, -0.15) is 5.10 Å². The Labute approximate surface area is 151 Å². The number of hydrogen-bond acceptors (Lipinski definition) is 6. The van der Waals surface area contributed by atoms with E-state index < -0.39 is 10.8 Å². The van der Waals surface area contributed by atoms with Crippen molar-refractivity contribution in [2.45, 2.75) is 6.92 Å². The fraction of sp³-hybridized carbons (Fsp3) is 0.125. The summed E-state index contributed by atoms with van der Waals surface area (Å²) in [7, 11) is 0. The summed E-state index contributed by atoms with van der Waals surface area (Å²) in [6.45, 7) is 2.15. The van der Waals surface area contributed by atoms with Crippen LogP contribution in [0.2, 0.25) is 0 Å². The minimum absolute atomic E-state index is 0.0389. The van der Waals surface area contributed by atoms with Crippen LogP contribution in [0.5, 0.6) is 11.5 Å². The van der Waals surface area contributed by atoms with Crippen molar-refractivity contribution in [2.75, 3.05) is 6.61 Å². The van der Waals surface area contributed by atoms with E-state index in [0.717, 1.165) is 0 Å². The highest BCUT2D eigenvalue weighted by molar-refractivity contribution is 9.10. The molecule has 0 aromatic heterocycles. The number of benzene rings is 2. The predicted octanol–water partition coefficient (Wildman–Crippen LogP) is 3.23. The molecule has 0 saturated carbocycles. The first kappa shape index (κ1) is 18.4. The second-order valence-electron chi connectivity index (χ2n) is 4.76. The van der Waals surface area contributed by atoms with Crippen LogP contribution in [0, 0.1) is 10.1 Å². The maximum atomic E-state index is 12.0. The molecule has 130 valence electrons. The van der Waals surface area contributed by atoms with Gasteiger partial charge in [-0.1, -0.05) is 12.1 Å². The first-order valence-corrected chi connectivity index (χ1v) is 7.95. The van der Waals surface area contributed by atoms with Gasteiger partial charge in [0.1, 0.15) is 5.56 Å². The molecule has 2 rings (SSSR count). The molecule has 9 heteroatoms. The summed E-state index contributed by atoms with van der Waals surface area (Å²) < 4.78 is 5.70. The van der Waals surface area contributed by atoms with E-state index in [1.807, 2.05) is 0 Å². The summed E-state index contributed by atoms with van der Waals surface area (Å²) in [5.41, 5.74) is 2.39. The molecule has 0 unspecified atom stereocenters. The Balaban J connectivity index is 2.16. The standard InChI is InChI=1S/C16H14BrN3O5/c1-2-25-14-8-10(7-12(17)15(14)21)9-18-19-16(22)11-5-3-4-6-13(11)20(23)24/h3-9,21H,2H2,1H3,(H,19,22)/b18-9-. The number of carbonyl (C=O) groups excluding carboxylic acids is 1. The van der Waals surface area contributed by atoms with Crippen molar-refractivity contribution in [1.82, 2.24) is 5.43 Å². The zero-order chi connectivity index (χ0) is 18.4. The number of amides is 1. The van der Waals surface area contributed by atoms with Gasteiger partial charge in [0.05, 0.1) is 22.2 Å². The number of carbonyl (C=O) groups is 1. The van der Waals surface area contributed by atoms with Gasteiger partial charge >= 0.3 is 0 Å². The minimum Gasteiger partial charge on any atom is -0.503 e. The van der Waals surface area contributed by atoms with Crippen LogP contribution in [0.3, 0.4) is 0 Å². The topological polar surface area (TPSA) is 114 Å². The lowest BCUT2D eigenvalue weighted by Gasteiger charge is -2.08. The van der Waals surface area contributed by atoms with E-state index in [-0.39, 0.29) is 22.7 Å². The summed E-state index contributed by atoms with van der Waals surface area (Å²) in [6.07, 6.45) is 1.33. The number of phenolic OH excluding ortho intramolecular Hbond substituents is 1. The monoisotopic (exact) mass is 407 g/mol. The lowest BCUT2D eigenvalue weighted by atomic mass is 10.2. The van der Waals surface area contributed by atoms with Gasteiger partial charge in [0, 0.05) is 6.07 Å². The Morgan fingerprint density at radius 1 is 1.44 bits per heavy atom. The SMILES string of the molecule is CCOc1cc(/C=N\NC(=O)c2ccccc2[N+](=O)[O-])cc(Br)c1O. The normalized spacial score (nSPS) is 10.6. The molecule has 0 radical (unpaired) electrons. The van der Waals surface area contributed by atoms with Crippen LogP contribution in [0.25, 0.3) is 0 Å². The number of nitro benzene ring substituents is 1. The molecule has 0 bridgehead atoms. The van der Waals surface area contributed by atoms with E-state index in [2.05, 4.69) is 26.5 Å². The Morgan fingerprint density at radius 2 is 2.16 bits per heavy atom. The quantitative estimate of drug-likeness (QED) is 0.433. The van der Waals surface area contributed by atoms with Crippen LogP contribution in [0.4, 0.5) is 5.69 Å². The molecular weight excluding hydrogens is 394 g/mol. The molecule has 0 aliphatic heterocycles. The van der Waals surface area contributed by atoms with Crippen LogP contribution < -0.4 is 10.2 Å². The number of nitrogens with one attached hydrogen (secondary N) is 1. The number of halogens is 1. The molecule has 2 aromatic rings. The summed E-state index contributed by atoms with van der Waals surface area (Å²) in [5, 5.41) is 24.6. The zero-order valence-electron chi connectivity index (χ0n) is 13.1. The zero-order valence-corrected chi connectivity index (χ0v) is 14.7. The molecular formula is C16H14BrN3O5. The molecule has 1 amide bonds. The van der Waals surface area contributed by atoms with E-state index in [0.29, 0.717) is 16.6 Å². The maximum absolute atomic E-state index is 12.0. The molecule has 25 heavy (non-hydrogen) atoms. The van der Waals surface area contributed by atoms with Crippen molar-refractivity contribution < 1.29 is 19.6 Å². The van der Waals surface area contributed by atoms with Gasteiger partial charge in [-0.3, -0.25) is 14.9 Å². The van der Waals surface area contributed by atoms with Gasteiger partial charge in [0.25, 0.3) is 11.6 Å². The highest BCUT2D eigenvalue weighted by Crippen LogP contribution is 2.35. The Bertz CT molecular complexity index is 839. The number of nitrogens with zero attached hydrogens (tertiary/aromatic N) is 2. The summed E-state index contributed by atoms with van der Waals surface area (Å²) >= 11 is 3.20. The van der Waals surface area contributed by atoms with Gasteiger partial charge in [0.15, 0.2) is 11.5 Å². The van der Waals surface area contributed by atoms with Gasteiger partial charge in [-0.05, 0) is 46.6 Å². The molecule has 8 nitrogen and oxygen atoms in total. The van der Waals surface area contributed by atoms with E-state index in [1.165, 1.54) is 30.5 Å². The number of rotatable bonds is 6. The number of phenols is 1. The Hall–Kier alpha value is -2.94. The fourth-order valence-corrected chi connectivity index (χ4v) is 2.44. The third-order valence-corrected chi connectivity index (χ3v) is 3.68. The second kappa shape index (κ2) is 8.25. The van der Waals surface area contributed by atoms with Crippen LogP contribution in [-0.2, 0) is 0 Å². The molecule has 0 heterocycles. The number of hydrazone groups is 1. The van der Waals surface area contributed by atoms with Crippen molar-refractivity contribution >= 4 is 33.7 Å². The molecule has 2 N–H and O–H groups in total. The van der Waals surface area contributed by atoms with E-state index in [4.69, 9.17) is 4.74 Å². The number of aromatic hydroxyl groups is 1. The highest BCUT2D eigenvalue weighted by Gasteiger charge is 2.18. The summed E-state index contributed by atoms with van der Waals surface area (Å²) in [6, 6.07) is 8.71. The average molecular weight is 408 g/mol. The summed E-state index contributed by atoms with van der Waals surface area (Å²) in [5.74, 6) is -0.474. The van der Waals surface area contributed by atoms with E-state index in [9.17, 15) is 20.0 Å². The average Bonchev–Trinajstić information content (AvgIpc) is 2.59. The minimum atomic E-state index is -0.702. The fourth-order valence-electron chi connectivity index (χ4n) is 1.98. The Morgan fingerprint density at radius 3 is 2.84 bits per heavy atom. The first-order valence-electron chi connectivity index (χ1n) is 7.16. The van der Waals surface area contributed by atoms with Crippen molar-refractivity contribution in [3.05, 3.63) is 62.1 Å². The van der Waals surface area contributed by atoms with Gasteiger partial charge < -0.3 is 9.84 Å². The van der Waals surface area contributed by atoms with E-state index in [1.54, 1.807) is 19.1 Å². The molecule has 2 aromatic carbocycles. The predicted molar refractivity (Wildman–Crippen MR) is 95.1 cm³/mol. The van der Waals surface area contributed by atoms with Gasteiger partial charge in [-0.25, -0.2) is 5.43 Å². The van der Waals surface area contributed by atoms with Crippen LogP contribution >= 0.6 is 15.9 Å². The van der Waals surface area contributed by atoms with Crippen molar-refractivity contribution in [2.24, 2.45) is 5.10 Å². The van der Waals surface area contributed by atoms with Crippen LogP contribution in [0.1, 0.15) is 22.8 Å². The van der Waals surface area contributed by atoms with Crippen LogP contribution in [0.15, 0.2) is 46.0 Å². The van der Waals surface area contributed by atoms with Crippen molar-refractivity contribution in [3.8, 4) is 11.5 Å².